The molecule has 166 valence electrons. The van der Waals surface area contributed by atoms with Gasteiger partial charge < -0.3 is 14.7 Å². The number of alkyl halides is 3. The fourth-order valence-electron chi connectivity index (χ4n) is 4.08. The fraction of sp³-hybridized carbons (Fsp3) is 0.524. The maximum atomic E-state index is 12.8. The van der Waals surface area contributed by atoms with Crippen molar-refractivity contribution in [3.8, 4) is 5.75 Å². The highest BCUT2D eigenvalue weighted by molar-refractivity contribution is 5.86. The number of aliphatic carboxylic acids is 1. The van der Waals surface area contributed by atoms with Gasteiger partial charge in [-0.05, 0) is 30.0 Å². The molecule has 3 rings (SSSR count). The molecule has 1 N–H and O–H groups in total. The van der Waals surface area contributed by atoms with Crippen molar-refractivity contribution in [3.05, 3.63) is 42.5 Å². The van der Waals surface area contributed by atoms with Crippen LogP contribution >= 0.6 is 0 Å². The summed E-state index contributed by atoms with van der Waals surface area (Å²) in [5.74, 6) is -1.15. The normalized spacial score (nSPS) is 24.0. The van der Waals surface area contributed by atoms with Crippen LogP contribution in [0.4, 0.5) is 13.2 Å². The summed E-state index contributed by atoms with van der Waals surface area (Å²) in [6.07, 6.45) is -2.29. The number of halogens is 3. The number of carbonyl (C=O) groups excluding carboxylic acids is 1. The predicted molar refractivity (Wildman–Crippen MR) is 105 cm³/mol. The molecule has 2 heterocycles. The number of carboxylic acid groups (broad SMARTS) is 1. The van der Waals surface area contributed by atoms with Crippen molar-refractivity contribution in [2.24, 2.45) is 11.3 Å². The van der Waals surface area contributed by atoms with Crippen molar-refractivity contribution in [1.29, 1.82) is 0 Å². The average Bonchev–Trinajstić information content (AvgIpc) is 3.17. The first-order valence-corrected chi connectivity index (χ1v) is 9.59. The first kappa shape index (κ1) is 23.7. The van der Waals surface area contributed by atoms with Gasteiger partial charge in [0.2, 0.25) is 5.91 Å². The lowest BCUT2D eigenvalue weighted by Gasteiger charge is -2.26. The molecule has 1 amide bonds. The molecule has 30 heavy (non-hydrogen) atoms. The first-order valence-electron chi connectivity index (χ1n) is 9.59. The molecule has 9 heteroatoms. The standard InChI is InChI=1S/C19H26N2O2.C2HF3O2/c1-4-10-21-11-9-19(18(21)22)14-20(12-15(19)2)13-16-5-7-17(23-3)8-6-16;3-2(4,5)1(6)7/h4-8,15H,1,9-14H2,2-3H3;(H,6,7)/t15-,19-;/m1./s1. The van der Waals surface area contributed by atoms with E-state index in [0.29, 0.717) is 18.4 Å². The molecule has 1 spiro atoms. The minimum Gasteiger partial charge on any atom is -0.497 e. The summed E-state index contributed by atoms with van der Waals surface area (Å²) in [5.41, 5.74) is 1.08. The molecule has 1 aromatic rings. The Morgan fingerprint density at radius 3 is 2.47 bits per heavy atom. The number of carboxylic acids is 1. The number of ether oxygens (including phenoxy) is 1. The zero-order valence-corrected chi connectivity index (χ0v) is 17.1. The Morgan fingerprint density at radius 1 is 1.37 bits per heavy atom. The highest BCUT2D eigenvalue weighted by Crippen LogP contribution is 2.45. The Balaban J connectivity index is 0.000000396. The van der Waals surface area contributed by atoms with Crippen LogP contribution in [0.1, 0.15) is 18.9 Å². The van der Waals surface area contributed by atoms with E-state index in [1.807, 2.05) is 23.1 Å². The van der Waals surface area contributed by atoms with Crippen LogP contribution in [-0.2, 0) is 16.1 Å². The summed E-state index contributed by atoms with van der Waals surface area (Å²) < 4.78 is 36.9. The van der Waals surface area contributed by atoms with Gasteiger partial charge in [-0.3, -0.25) is 9.69 Å². The van der Waals surface area contributed by atoms with E-state index in [4.69, 9.17) is 14.6 Å². The Kier molecular flexibility index (Phi) is 7.52. The van der Waals surface area contributed by atoms with Crippen molar-refractivity contribution >= 4 is 11.9 Å². The maximum Gasteiger partial charge on any atom is 0.490 e. The van der Waals surface area contributed by atoms with E-state index in [2.05, 4.69) is 30.5 Å². The van der Waals surface area contributed by atoms with Crippen molar-refractivity contribution in [3.63, 3.8) is 0 Å². The predicted octanol–water partition coefficient (Wildman–Crippen LogP) is 3.18. The number of benzene rings is 1. The van der Waals surface area contributed by atoms with Crippen molar-refractivity contribution in [1.82, 2.24) is 9.80 Å². The number of nitrogens with zero attached hydrogens (tertiary/aromatic N) is 2. The molecule has 0 saturated carbocycles. The SMILES string of the molecule is C=CCN1CC[C@]2(CN(Cc3ccc(OC)cc3)C[C@H]2C)C1=O.O=C(O)C(F)(F)F. The lowest BCUT2D eigenvalue weighted by atomic mass is 9.78. The zero-order valence-electron chi connectivity index (χ0n) is 17.1. The van der Waals surface area contributed by atoms with E-state index in [-0.39, 0.29) is 5.41 Å². The number of methoxy groups -OCH3 is 1. The van der Waals surface area contributed by atoms with Crippen LogP contribution < -0.4 is 4.74 Å². The molecule has 0 unspecified atom stereocenters. The molecule has 2 atom stereocenters. The monoisotopic (exact) mass is 428 g/mol. The summed E-state index contributed by atoms with van der Waals surface area (Å²) >= 11 is 0. The van der Waals surface area contributed by atoms with Gasteiger partial charge in [0, 0.05) is 32.7 Å². The van der Waals surface area contributed by atoms with E-state index in [1.54, 1.807) is 7.11 Å². The summed E-state index contributed by atoms with van der Waals surface area (Å²) in [6, 6.07) is 8.21. The Bertz CT molecular complexity index is 767. The van der Waals surface area contributed by atoms with Crippen LogP contribution in [0.3, 0.4) is 0 Å². The number of likely N-dealkylation sites (tertiary alicyclic amines) is 2. The van der Waals surface area contributed by atoms with Gasteiger partial charge in [-0.25, -0.2) is 4.79 Å². The van der Waals surface area contributed by atoms with Gasteiger partial charge in [0.1, 0.15) is 5.75 Å². The van der Waals surface area contributed by atoms with Gasteiger partial charge in [0.15, 0.2) is 0 Å². The van der Waals surface area contributed by atoms with Crippen LogP contribution in [0.5, 0.6) is 5.75 Å². The van der Waals surface area contributed by atoms with Crippen LogP contribution in [0, 0.1) is 11.3 Å². The number of rotatable bonds is 5. The Hall–Kier alpha value is -2.55. The van der Waals surface area contributed by atoms with Gasteiger partial charge in [-0.1, -0.05) is 25.1 Å². The van der Waals surface area contributed by atoms with Gasteiger partial charge in [-0.15, -0.1) is 6.58 Å². The second kappa shape index (κ2) is 9.51. The third-order valence-electron chi connectivity index (χ3n) is 5.68. The molecule has 0 radical (unpaired) electrons. The van der Waals surface area contributed by atoms with Gasteiger partial charge >= 0.3 is 12.1 Å². The molecular formula is C21H27F3N2O4. The first-order chi connectivity index (χ1) is 14.0. The van der Waals surface area contributed by atoms with Gasteiger partial charge in [0.05, 0.1) is 12.5 Å². The van der Waals surface area contributed by atoms with E-state index >= 15 is 0 Å². The van der Waals surface area contributed by atoms with Crippen LogP contribution in [0.25, 0.3) is 0 Å². The van der Waals surface area contributed by atoms with Crippen molar-refractivity contribution in [2.45, 2.75) is 26.1 Å². The van der Waals surface area contributed by atoms with Gasteiger partial charge in [0.25, 0.3) is 0 Å². The number of hydrogen-bond donors (Lipinski definition) is 1. The maximum absolute atomic E-state index is 12.8. The van der Waals surface area contributed by atoms with Crippen molar-refractivity contribution in [2.75, 3.05) is 33.3 Å². The molecule has 2 aliphatic heterocycles. The number of amides is 1. The molecule has 1 aromatic carbocycles. The average molecular weight is 428 g/mol. The lowest BCUT2D eigenvalue weighted by Crippen LogP contribution is -2.39. The van der Waals surface area contributed by atoms with Crippen molar-refractivity contribution < 1.29 is 32.6 Å². The second-order valence-electron chi connectivity index (χ2n) is 7.67. The third-order valence-corrected chi connectivity index (χ3v) is 5.68. The van der Waals surface area contributed by atoms with Crippen LogP contribution in [0.15, 0.2) is 36.9 Å². The molecular weight excluding hydrogens is 401 g/mol. The summed E-state index contributed by atoms with van der Waals surface area (Å²) in [4.78, 5) is 26.1. The number of hydrogen-bond acceptors (Lipinski definition) is 4. The van der Waals surface area contributed by atoms with Gasteiger partial charge in [-0.2, -0.15) is 13.2 Å². The van der Waals surface area contributed by atoms with E-state index < -0.39 is 12.1 Å². The molecule has 2 fully saturated rings. The van der Waals surface area contributed by atoms with E-state index in [1.165, 1.54) is 5.56 Å². The number of carbonyl (C=O) groups is 2. The largest absolute Gasteiger partial charge is 0.497 e. The molecule has 0 bridgehead atoms. The van der Waals surface area contributed by atoms with Crippen LogP contribution in [-0.4, -0.2) is 66.2 Å². The van der Waals surface area contributed by atoms with E-state index in [0.717, 1.165) is 38.3 Å². The second-order valence-corrected chi connectivity index (χ2v) is 7.67. The zero-order chi connectivity index (χ0) is 22.5. The molecule has 2 aliphatic rings. The lowest BCUT2D eigenvalue weighted by molar-refractivity contribution is -0.192. The minimum absolute atomic E-state index is 0.185. The quantitative estimate of drug-likeness (QED) is 0.730. The Labute approximate surface area is 173 Å². The molecule has 6 nitrogen and oxygen atoms in total. The summed E-state index contributed by atoms with van der Waals surface area (Å²) in [6.45, 7) is 10.3. The molecule has 2 saturated heterocycles. The third kappa shape index (κ3) is 5.33. The minimum atomic E-state index is -5.08. The molecule has 0 aromatic heterocycles. The Morgan fingerprint density at radius 2 is 1.97 bits per heavy atom. The molecule has 0 aliphatic carbocycles. The topological polar surface area (TPSA) is 70.1 Å². The van der Waals surface area contributed by atoms with Crippen LogP contribution in [0.2, 0.25) is 0 Å². The highest BCUT2D eigenvalue weighted by atomic mass is 19.4. The smallest absolute Gasteiger partial charge is 0.490 e. The fourth-order valence-corrected chi connectivity index (χ4v) is 4.08. The summed E-state index contributed by atoms with van der Waals surface area (Å²) in [5, 5.41) is 7.12. The summed E-state index contributed by atoms with van der Waals surface area (Å²) in [7, 11) is 1.68. The highest BCUT2D eigenvalue weighted by Gasteiger charge is 2.54. The van der Waals surface area contributed by atoms with E-state index in [9.17, 15) is 18.0 Å².